The maximum atomic E-state index is 12.1. The first-order valence-corrected chi connectivity index (χ1v) is 8.11. The molecular formula is C17H27N3O2. The maximum absolute atomic E-state index is 12.1. The van der Waals surface area contributed by atoms with Gasteiger partial charge in [-0.05, 0) is 50.8 Å². The van der Waals surface area contributed by atoms with Crippen molar-refractivity contribution in [3.05, 3.63) is 24.3 Å². The van der Waals surface area contributed by atoms with Crippen LogP contribution >= 0.6 is 0 Å². The molecule has 5 heteroatoms. The Bertz CT molecular complexity index is 494. The van der Waals surface area contributed by atoms with Crippen LogP contribution < -0.4 is 15.5 Å². The summed E-state index contributed by atoms with van der Waals surface area (Å²) in [6.07, 6.45) is 4.42. The highest BCUT2D eigenvalue weighted by atomic mass is 16.3. The zero-order valence-electron chi connectivity index (χ0n) is 13.6. The second-order valence-electron chi connectivity index (χ2n) is 6.25. The van der Waals surface area contributed by atoms with Crippen LogP contribution in [-0.4, -0.2) is 36.4 Å². The Morgan fingerprint density at radius 1 is 1.32 bits per heavy atom. The van der Waals surface area contributed by atoms with Gasteiger partial charge in [0.1, 0.15) is 0 Å². The first-order chi connectivity index (χ1) is 10.6. The number of anilines is 2. The summed E-state index contributed by atoms with van der Waals surface area (Å²) in [6, 6.07) is 7.65. The van der Waals surface area contributed by atoms with Crippen LogP contribution in [0, 0.1) is 0 Å². The van der Waals surface area contributed by atoms with E-state index in [1.54, 1.807) is 0 Å². The van der Waals surface area contributed by atoms with E-state index in [-0.39, 0.29) is 12.6 Å². The molecule has 2 amide bonds. The molecule has 22 heavy (non-hydrogen) atoms. The van der Waals surface area contributed by atoms with Crippen LogP contribution in [0.5, 0.6) is 0 Å². The monoisotopic (exact) mass is 305 g/mol. The van der Waals surface area contributed by atoms with Gasteiger partial charge in [-0.2, -0.15) is 0 Å². The standard InChI is InChI=1S/C17H27N3O2/c1-3-17(2,13-21)19-16(22)18-14-8-7-9-15(12-14)20-10-5-4-6-11-20/h7-9,12,21H,3-6,10-11,13H2,1-2H3,(H2,18,19,22). The molecule has 1 fully saturated rings. The first-order valence-electron chi connectivity index (χ1n) is 8.11. The number of amides is 2. The van der Waals surface area contributed by atoms with Gasteiger partial charge in [0.2, 0.25) is 0 Å². The Labute approximate surface area is 132 Å². The van der Waals surface area contributed by atoms with Crippen molar-refractivity contribution >= 4 is 17.4 Å². The minimum Gasteiger partial charge on any atom is -0.394 e. The Kier molecular flexibility index (Phi) is 5.66. The summed E-state index contributed by atoms with van der Waals surface area (Å²) in [7, 11) is 0. The molecule has 3 N–H and O–H groups in total. The molecule has 1 aromatic carbocycles. The molecule has 0 saturated carbocycles. The Balaban J connectivity index is 1.99. The molecule has 0 radical (unpaired) electrons. The van der Waals surface area contributed by atoms with Crippen LogP contribution in [0.3, 0.4) is 0 Å². The van der Waals surface area contributed by atoms with Crippen molar-refractivity contribution < 1.29 is 9.90 Å². The van der Waals surface area contributed by atoms with Crippen LogP contribution in [0.1, 0.15) is 39.5 Å². The van der Waals surface area contributed by atoms with E-state index in [1.165, 1.54) is 19.3 Å². The highest BCUT2D eigenvalue weighted by Crippen LogP contribution is 2.23. The number of hydrogen-bond donors (Lipinski definition) is 3. The Hall–Kier alpha value is -1.75. The van der Waals surface area contributed by atoms with Crippen LogP contribution in [0.25, 0.3) is 0 Å². The molecule has 0 aromatic heterocycles. The van der Waals surface area contributed by atoms with Gasteiger partial charge in [0.05, 0.1) is 12.1 Å². The smallest absolute Gasteiger partial charge is 0.319 e. The van der Waals surface area contributed by atoms with Crippen LogP contribution in [0.4, 0.5) is 16.2 Å². The van der Waals surface area contributed by atoms with Crippen LogP contribution in [-0.2, 0) is 0 Å². The third-order valence-electron chi connectivity index (χ3n) is 4.37. The van der Waals surface area contributed by atoms with E-state index in [2.05, 4.69) is 21.6 Å². The van der Waals surface area contributed by atoms with E-state index >= 15 is 0 Å². The number of nitrogens with one attached hydrogen (secondary N) is 2. The van der Waals surface area contributed by atoms with Crippen molar-refractivity contribution in [1.82, 2.24) is 5.32 Å². The summed E-state index contributed by atoms with van der Waals surface area (Å²) in [5, 5.41) is 15.0. The van der Waals surface area contributed by atoms with Gasteiger partial charge >= 0.3 is 6.03 Å². The van der Waals surface area contributed by atoms with E-state index < -0.39 is 5.54 Å². The second-order valence-corrected chi connectivity index (χ2v) is 6.25. The van der Waals surface area contributed by atoms with E-state index in [1.807, 2.05) is 32.0 Å². The maximum Gasteiger partial charge on any atom is 0.319 e. The number of carbonyl (C=O) groups is 1. The summed E-state index contributed by atoms with van der Waals surface area (Å²) >= 11 is 0. The highest BCUT2D eigenvalue weighted by molar-refractivity contribution is 5.90. The zero-order valence-corrected chi connectivity index (χ0v) is 13.6. The Morgan fingerprint density at radius 2 is 2.05 bits per heavy atom. The van der Waals surface area contributed by atoms with Crippen molar-refractivity contribution in [2.24, 2.45) is 0 Å². The summed E-state index contributed by atoms with van der Waals surface area (Å²) in [4.78, 5) is 14.4. The first kappa shape index (κ1) is 16.6. The van der Waals surface area contributed by atoms with E-state index in [9.17, 15) is 9.90 Å². The van der Waals surface area contributed by atoms with Crippen LogP contribution in [0.2, 0.25) is 0 Å². The fourth-order valence-electron chi connectivity index (χ4n) is 2.61. The molecule has 0 spiro atoms. The molecule has 5 nitrogen and oxygen atoms in total. The molecule has 1 unspecified atom stereocenters. The van der Waals surface area contributed by atoms with Gasteiger partial charge in [-0.15, -0.1) is 0 Å². The quantitative estimate of drug-likeness (QED) is 0.783. The number of hydrogen-bond acceptors (Lipinski definition) is 3. The normalized spacial score (nSPS) is 17.7. The largest absolute Gasteiger partial charge is 0.394 e. The predicted molar refractivity (Wildman–Crippen MR) is 90.4 cm³/mol. The lowest BCUT2D eigenvalue weighted by atomic mass is 10.0. The molecule has 1 aromatic rings. The van der Waals surface area contributed by atoms with Crippen molar-refractivity contribution in [1.29, 1.82) is 0 Å². The van der Waals surface area contributed by atoms with Crippen molar-refractivity contribution in [3.63, 3.8) is 0 Å². The second kappa shape index (κ2) is 7.49. The molecule has 1 aliphatic heterocycles. The van der Waals surface area contributed by atoms with Gasteiger partial charge < -0.3 is 20.6 Å². The SMILES string of the molecule is CCC(C)(CO)NC(=O)Nc1cccc(N2CCCCC2)c1. The van der Waals surface area contributed by atoms with Crippen molar-refractivity contribution in [3.8, 4) is 0 Å². The number of aliphatic hydroxyl groups is 1. The molecule has 0 bridgehead atoms. The average molecular weight is 305 g/mol. The van der Waals surface area contributed by atoms with Crippen LogP contribution in [0.15, 0.2) is 24.3 Å². The number of piperidine rings is 1. The lowest BCUT2D eigenvalue weighted by molar-refractivity contribution is 0.172. The minimum absolute atomic E-state index is 0.0786. The number of rotatable bonds is 5. The van der Waals surface area contributed by atoms with E-state index in [0.29, 0.717) is 6.42 Å². The zero-order chi connectivity index (χ0) is 16.0. The number of urea groups is 1. The minimum atomic E-state index is -0.589. The third-order valence-corrected chi connectivity index (χ3v) is 4.37. The number of nitrogens with zero attached hydrogens (tertiary/aromatic N) is 1. The topological polar surface area (TPSA) is 64.6 Å². The van der Waals surface area contributed by atoms with Gasteiger partial charge in [-0.3, -0.25) is 0 Å². The summed E-state index contributed by atoms with van der Waals surface area (Å²) in [5.74, 6) is 0. The molecule has 2 rings (SSSR count). The fourth-order valence-corrected chi connectivity index (χ4v) is 2.61. The molecule has 1 saturated heterocycles. The lowest BCUT2D eigenvalue weighted by Crippen LogP contribution is -2.50. The van der Waals surface area contributed by atoms with Crippen molar-refractivity contribution in [2.45, 2.75) is 45.1 Å². The van der Waals surface area contributed by atoms with E-state index in [0.717, 1.165) is 24.5 Å². The van der Waals surface area contributed by atoms with Gasteiger partial charge in [0.15, 0.2) is 0 Å². The van der Waals surface area contributed by atoms with Gasteiger partial charge in [0.25, 0.3) is 0 Å². The number of carbonyl (C=O) groups excluding carboxylic acids is 1. The highest BCUT2D eigenvalue weighted by Gasteiger charge is 2.23. The molecule has 122 valence electrons. The predicted octanol–water partition coefficient (Wildman–Crippen LogP) is 2.96. The average Bonchev–Trinajstić information content (AvgIpc) is 2.55. The van der Waals surface area contributed by atoms with Gasteiger partial charge in [0, 0.05) is 24.5 Å². The molecular weight excluding hydrogens is 278 g/mol. The summed E-state index contributed by atoms with van der Waals surface area (Å²) < 4.78 is 0. The van der Waals surface area contributed by atoms with Gasteiger partial charge in [-0.1, -0.05) is 13.0 Å². The fraction of sp³-hybridized carbons (Fsp3) is 0.588. The number of benzene rings is 1. The molecule has 0 aliphatic carbocycles. The molecule has 1 aliphatic rings. The van der Waals surface area contributed by atoms with Gasteiger partial charge in [-0.25, -0.2) is 4.79 Å². The molecule has 1 atom stereocenters. The Morgan fingerprint density at radius 3 is 2.68 bits per heavy atom. The van der Waals surface area contributed by atoms with E-state index in [4.69, 9.17) is 0 Å². The summed E-state index contributed by atoms with van der Waals surface area (Å²) in [5.41, 5.74) is 1.34. The molecule has 1 heterocycles. The lowest BCUT2D eigenvalue weighted by Gasteiger charge is -2.29. The summed E-state index contributed by atoms with van der Waals surface area (Å²) in [6.45, 7) is 5.84. The third kappa shape index (κ3) is 4.37. The van der Waals surface area contributed by atoms with Crippen molar-refractivity contribution in [2.75, 3.05) is 29.9 Å². The number of aliphatic hydroxyl groups excluding tert-OH is 1.